The minimum Gasteiger partial charge on any atom is -0.460 e. The molecule has 0 aromatic heterocycles. The molecule has 1 aromatic rings. The molecule has 1 aromatic carbocycles. The Morgan fingerprint density at radius 2 is 2.16 bits per heavy atom. The molecule has 0 unspecified atom stereocenters. The van der Waals surface area contributed by atoms with Crippen LogP contribution in [-0.4, -0.2) is 48.0 Å². The largest absolute Gasteiger partial charge is 0.460 e. The number of benzene rings is 1. The first-order valence-corrected chi connectivity index (χ1v) is 7.67. The number of ether oxygens (including phenoxy) is 1. The highest BCUT2D eigenvalue weighted by Crippen LogP contribution is 2.13. The van der Waals surface area contributed by atoms with E-state index in [1.807, 2.05) is 0 Å². The predicted octanol–water partition coefficient (Wildman–Crippen LogP) is -0.333. The third-order valence-corrected chi connectivity index (χ3v) is 3.19. The Balaban J connectivity index is 2.37. The SMILES string of the molecule is CN(CC(=O)OCc1cccc([N+](=O)[O-])c1)NC(=O)C[C@@H](N)CCN. The van der Waals surface area contributed by atoms with E-state index in [-0.39, 0.29) is 37.2 Å². The van der Waals surface area contributed by atoms with Crippen LogP contribution < -0.4 is 16.9 Å². The summed E-state index contributed by atoms with van der Waals surface area (Å²) in [6.45, 7) is 0.130. The molecule has 1 rings (SSSR count). The van der Waals surface area contributed by atoms with E-state index >= 15 is 0 Å². The number of nitrogens with one attached hydrogen (secondary N) is 1. The average molecular weight is 353 g/mol. The first-order chi connectivity index (χ1) is 11.8. The zero-order chi connectivity index (χ0) is 18.8. The molecule has 5 N–H and O–H groups in total. The number of hydrogen-bond acceptors (Lipinski definition) is 8. The van der Waals surface area contributed by atoms with E-state index in [0.717, 1.165) is 0 Å². The van der Waals surface area contributed by atoms with Gasteiger partial charge in [0.05, 0.1) is 4.92 Å². The van der Waals surface area contributed by atoms with Crippen LogP contribution in [0.4, 0.5) is 5.69 Å². The highest BCUT2D eigenvalue weighted by Gasteiger charge is 2.14. The van der Waals surface area contributed by atoms with Crippen molar-refractivity contribution >= 4 is 17.6 Å². The molecule has 0 saturated carbocycles. The molecule has 138 valence electrons. The molecule has 1 amide bonds. The molecule has 1 atom stereocenters. The Hall–Kier alpha value is -2.56. The zero-order valence-corrected chi connectivity index (χ0v) is 14.0. The Kier molecular flexibility index (Phi) is 8.47. The standard InChI is InChI=1S/C15H23N5O5/c1-19(18-14(21)8-12(17)5-6-16)9-15(22)25-10-11-3-2-4-13(7-11)20(23)24/h2-4,7,12H,5-6,8-10,16-17H2,1H3,(H,18,21)/t12-/m0/s1. The van der Waals surface area contributed by atoms with E-state index in [0.29, 0.717) is 18.5 Å². The van der Waals surface area contributed by atoms with E-state index in [4.69, 9.17) is 16.2 Å². The molecule has 0 radical (unpaired) electrons. The molecule has 25 heavy (non-hydrogen) atoms. The van der Waals surface area contributed by atoms with Crippen LogP contribution in [0.25, 0.3) is 0 Å². The Morgan fingerprint density at radius 1 is 1.44 bits per heavy atom. The quantitative estimate of drug-likeness (QED) is 0.293. The number of amides is 1. The van der Waals surface area contributed by atoms with E-state index in [1.54, 1.807) is 6.07 Å². The normalized spacial score (nSPS) is 11.8. The highest BCUT2D eigenvalue weighted by atomic mass is 16.6. The minimum absolute atomic E-state index is 0.0771. The van der Waals surface area contributed by atoms with Crippen molar-refractivity contribution in [1.29, 1.82) is 0 Å². The van der Waals surface area contributed by atoms with Gasteiger partial charge in [-0.05, 0) is 18.5 Å². The first-order valence-electron chi connectivity index (χ1n) is 7.67. The summed E-state index contributed by atoms with van der Waals surface area (Å²) in [5, 5.41) is 12.0. The topological polar surface area (TPSA) is 154 Å². The summed E-state index contributed by atoms with van der Waals surface area (Å²) in [7, 11) is 1.51. The fourth-order valence-corrected chi connectivity index (χ4v) is 2.02. The van der Waals surface area contributed by atoms with Gasteiger partial charge in [0.2, 0.25) is 5.91 Å². The number of hydrazine groups is 1. The van der Waals surface area contributed by atoms with Gasteiger partial charge in [0.1, 0.15) is 13.2 Å². The van der Waals surface area contributed by atoms with Gasteiger partial charge in [-0.3, -0.25) is 25.1 Å². The number of nitrogens with two attached hydrogens (primary N) is 2. The third-order valence-electron chi connectivity index (χ3n) is 3.19. The molecule has 0 aliphatic heterocycles. The molecule has 0 fully saturated rings. The number of nitrogens with zero attached hydrogens (tertiary/aromatic N) is 2. The zero-order valence-electron chi connectivity index (χ0n) is 14.0. The number of nitro benzene ring substituents is 1. The summed E-state index contributed by atoms with van der Waals surface area (Å²) in [4.78, 5) is 33.6. The van der Waals surface area contributed by atoms with Crippen LogP contribution in [0.15, 0.2) is 24.3 Å². The molecule has 0 spiro atoms. The van der Waals surface area contributed by atoms with E-state index in [9.17, 15) is 19.7 Å². The molecule has 10 heteroatoms. The highest BCUT2D eigenvalue weighted by molar-refractivity contribution is 5.77. The first kappa shape index (κ1) is 20.5. The van der Waals surface area contributed by atoms with Crippen molar-refractivity contribution in [3.05, 3.63) is 39.9 Å². The molecule has 0 bridgehead atoms. The van der Waals surface area contributed by atoms with Crippen molar-refractivity contribution in [1.82, 2.24) is 10.4 Å². The fourth-order valence-electron chi connectivity index (χ4n) is 2.02. The van der Waals surface area contributed by atoms with Crippen LogP contribution in [0.3, 0.4) is 0 Å². The average Bonchev–Trinajstić information content (AvgIpc) is 2.53. The van der Waals surface area contributed by atoms with Gasteiger partial charge in [0.25, 0.3) is 5.69 Å². The Bertz CT molecular complexity index is 610. The number of likely N-dealkylation sites (N-methyl/N-ethyl adjacent to an activating group) is 1. The van der Waals surface area contributed by atoms with Gasteiger partial charge in [-0.2, -0.15) is 0 Å². The predicted molar refractivity (Wildman–Crippen MR) is 89.9 cm³/mol. The maximum atomic E-state index is 11.8. The number of non-ortho nitro benzene ring substituents is 1. The van der Waals surface area contributed by atoms with Gasteiger partial charge in [-0.25, -0.2) is 5.01 Å². The minimum atomic E-state index is -0.583. The van der Waals surface area contributed by atoms with E-state index in [1.165, 1.54) is 30.3 Å². The van der Waals surface area contributed by atoms with Crippen molar-refractivity contribution < 1.29 is 19.2 Å². The number of esters is 1. The molecule has 10 nitrogen and oxygen atoms in total. The third kappa shape index (κ3) is 8.20. The smallest absolute Gasteiger partial charge is 0.322 e. The Labute approximate surface area is 145 Å². The number of carbonyl (C=O) groups is 2. The van der Waals surface area contributed by atoms with Gasteiger partial charge in [0, 0.05) is 31.6 Å². The summed E-state index contributed by atoms with van der Waals surface area (Å²) < 4.78 is 5.04. The van der Waals surface area contributed by atoms with Crippen LogP contribution in [0.2, 0.25) is 0 Å². The van der Waals surface area contributed by atoms with E-state index < -0.39 is 10.9 Å². The number of nitro groups is 1. The summed E-state index contributed by atoms with van der Waals surface area (Å²) in [5.41, 5.74) is 14.0. The van der Waals surface area contributed by atoms with Crippen molar-refractivity contribution in [3.8, 4) is 0 Å². The lowest BCUT2D eigenvalue weighted by Crippen LogP contribution is -2.44. The molecule has 0 saturated heterocycles. The Morgan fingerprint density at radius 3 is 2.80 bits per heavy atom. The van der Waals surface area contributed by atoms with E-state index in [2.05, 4.69) is 5.43 Å². The summed E-state index contributed by atoms with van der Waals surface area (Å²) in [5.74, 6) is -0.907. The summed E-state index contributed by atoms with van der Waals surface area (Å²) >= 11 is 0. The van der Waals surface area contributed by atoms with Crippen molar-refractivity contribution in [2.24, 2.45) is 11.5 Å². The van der Waals surface area contributed by atoms with Crippen LogP contribution >= 0.6 is 0 Å². The van der Waals surface area contributed by atoms with Crippen LogP contribution in [-0.2, 0) is 20.9 Å². The second-order valence-electron chi connectivity index (χ2n) is 5.52. The van der Waals surface area contributed by atoms with Gasteiger partial charge < -0.3 is 16.2 Å². The van der Waals surface area contributed by atoms with Gasteiger partial charge in [0.15, 0.2) is 0 Å². The van der Waals surface area contributed by atoms with Gasteiger partial charge in [-0.1, -0.05) is 12.1 Å². The maximum absolute atomic E-state index is 11.8. The van der Waals surface area contributed by atoms with Gasteiger partial charge in [-0.15, -0.1) is 0 Å². The lowest BCUT2D eigenvalue weighted by Gasteiger charge is -2.18. The van der Waals surface area contributed by atoms with Crippen molar-refractivity contribution in [3.63, 3.8) is 0 Å². The maximum Gasteiger partial charge on any atom is 0.322 e. The molecule has 0 heterocycles. The molecule has 0 aliphatic carbocycles. The van der Waals surface area contributed by atoms with Crippen LogP contribution in [0.5, 0.6) is 0 Å². The van der Waals surface area contributed by atoms with Crippen LogP contribution in [0.1, 0.15) is 18.4 Å². The molecule has 0 aliphatic rings. The monoisotopic (exact) mass is 353 g/mol. The lowest BCUT2D eigenvalue weighted by atomic mass is 10.1. The second kappa shape index (κ2) is 10.3. The second-order valence-corrected chi connectivity index (χ2v) is 5.52. The van der Waals surface area contributed by atoms with Crippen LogP contribution in [0, 0.1) is 10.1 Å². The van der Waals surface area contributed by atoms with Crippen molar-refractivity contribution in [2.45, 2.75) is 25.5 Å². The van der Waals surface area contributed by atoms with Gasteiger partial charge >= 0.3 is 5.97 Å². The summed E-state index contributed by atoms with van der Waals surface area (Å²) in [6.07, 6.45) is 0.632. The fraction of sp³-hybridized carbons (Fsp3) is 0.467. The summed E-state index contributed by atoms with van der Waals surface area (Å²) in [6, 6.07) is 5.48. The molecular weight excluding hydrogens is 330 g/mol. The van der Waals surface area contributed by atoms with Crippen molar-refractivity contribution in [2.75, 3.05) is 20.1 Å². The lowest BCUT2D eigenvalue weighted by molar-refractivity contribution is -0.384. The number of rotatable bonds is 10. The number of hydrogen-bond donors (Lipinski definition) is 3. The molecular formula is C15H23N5O5. The number of carbonyl (C=O) groups excluding carboxylic acids is 2.